The third kappa shape index (κ3) is 3.51. The predicted molar refractivity (Wildman–Crippen MR) is 92.6 cm³/mol. The molecule has 1 aliphatic carbocycles. The molecule has 2 aromatic rings. The number of hydrogen-bond donors (Lipinski definition) is 1. The maximum absolute atomic E-state index is 12.8. The van der Waals surface area contributed by atoms with Gasteiger partial charge in [0.1, 0.15) is 6.04 Å². The summed E-state index contributed by atoms with van der Waals surface area (Å²) in [6.07, 6.45) is 2.97. The third-order valence-electron chi connectivity index (χ3n) is 4.83. The van der Waals surface area contributed by atoms with Crippen LogP contribution >= 0.6 is 0 Å². The molecule has 25 heavy (non-hydrogen) atoms. The Balaban J connectivity index is 1.91. The summed E-state index contributed by atoms with van der Waals surface area (Å²) < 4.78 is 5.94. The van der Waals surface area contributed by atoms with E-state index in [-0.39, 0.29) is 11.9 Å². The summed E-state index contributed by atoms with van der Waals surface area (Å²) in [6.45, 7) is 3.02. The number of ether oxygens (including phenoxy) is 1. The maximum atomic E-state index is 12.8. The van der Waals surface area contributed by atoms with Crippen molar-refractivity contribution in [2.24, 2.45) is 5.73 Å². The van der Waals surface area contributed by atoms with Gasteiger partial charge in [-0.3, -0.25) is 0 Å². The van der Waals surface area contributed by atoms with Crippen LogP contribution in [0.3, 0.4) is 0 Å². The fourth-order valence-electron chi connectivity index (χ4n) is 3.46. The number of fused-ring (bicyclic) bond motifs is 2. The van der Waals surface area contributed by atoms with E-state index in [1.165, 1.54) is 0 Å². The third-order valence-corrected chi connectivity index (χ3v) is 4.83. The second kappa shape index (κ2) is 7.07. The quantitative estimate of drug-likeness (QED) is 0.580. The molecule has 1 aliphatic rings. The lowest BCUT2D eigenvalue weighted by molar-refractivity contribution is -0.686. The van der Waals surface area contributed by atoms with Crippen LogP contribution in [0.5, 0.6) is 0 Å². The highest BCUT2D eigenvalue weighted by atomic mass is 16.5. The van der Waals surface area contributed by atoms with Gasteiger partial charge in [0.05, 0.1) is 10.9 Å². The zero-order valence-electron chi connectivity index (χ0n) is 14.9. The van der Waals surface area contributed by atoms with E-state index in [0.29, 0.717) is 33.7 Å². The molecule has 2 unspecified atom stereocenters. The van der Waals surface area contributed by atoms with Gasteiger partial charge >= 0.3 is 11.3 Å². The van der Waals surface area contributed by atoms with Gasteiger partial charge in [0, 0.05) is 26.3 Å². The SMILES string of the molecule is COC(C)CN(C)CC(N)c1n[n+]([O-])c2cc3c(cc2[n+]1[O-])CCC3. The Morgan fingerprint density at radius 1 is 1.24 bits per heavy atom. The number of methoxy groups -OCH3 is 1. The smallest absolute Gasteiger partial charge is 0.395 e. The normalized spacial score (nSPS) is 16.4. The minimum absolute atomic E-state index is 0.0392. The number of nitrogens with two attached hydrogens (primary N) is 1. The average Bonchev–Trinajstić information content (AvgIpc) is 3.03. The van der Waals surface area contributed by atoms with E-state index in [2.05, 4.69) is 5.10 Å². The molecule has 1 aromatic heterocycles. The first-order chi connectivity index (χ1) is 11.9. The standard InChI is InChI=1S/C17H25N5O3/c1-11(25-3)9-20(2)10-14(18)17-19-22(24)16-8-13-6-4-5-12(13)7-15(16)21(17)23/h7-8,11,14H,4-6,9-10,18H2,1-3H3. The van der Waals surface area contributed by atoms with Crippen molar-refractivity contribution >= 4 is 11.0 Å². The molecule has 0 fully saturated rings. The van der Waals surface area contributed by atoms with Gasteiger partial charge in [-0.1, -0.05) is 0 Å². The topological polar surface area (TPSA) is 105 Å². The Hall–Kier alpha value is -2.03. The van der Waals surface area contributed by atoms with E-state index in [9.17, 15) is 10.4 Å². The number of likely N-dealkylation sites (N-methyl/N-ethyl adjacent to an activating group) is 1. The molecule has 3 rings (SSSR count). The fraction of sp³-hybridized carbons (Fsp3) is 0.588. The molecular weight excluding hydrogens is 322 g/mol. The number of nitrogens with zero attached hydrogens (tertiary/aromatic N) is 4. The van der Waals surface area contributed by atoms with Crippen LogP contribution in [0.1, 0.15) is 36.3 Å². The van der Waals surface area contributed by atoms with E-state index < -0.39 is 6.04 Å². The van der Waals surface area contributed by atoms with E-state index in [1.54, 1.807) is 13.2 Å². The lowest BCUT2D eigenvalue weighted by atomic mass is 10.1. The van der Waals surface area contributed by atoms with E-state index >= 15 is 0 Å². The molecule has 0 saturated carbocycles. The van der Waals surface area contributed by atoms with E-state index in [1.807, 2.05) is 24.9 Å². The molecule has 0 radical (unpaired) electrons. The van der Waals surface area contributed by atoms with Crippen LogP contribution < -0.4 is 15.3 Å². The van der Waals surface area contributed by atoms with Crippen LogP contribution in [0, 0.1) is 10.4 Å². The maximum Gasteiger partial charge on any atom is 0.395 e. The predicted octanol–water partition coefficient (Wildman–Crippen LogP) is -0.0432. The molecule has 1 aromatic carbocycles. The molecule has 1 heterocycles. The number of hydrogen-bond acceptors (Lipinski definition) is 6. The van der Waals surface area contributed by atoms with Crippen LogP contribution in [0.2, 0.25) is 0 Å². The first kappa shape index (κ1) is 17.8. The van der Waals surface area contributed by atoms with E-state index in [4.69, 9.17) is 10.5 Å². The molecule has 8 heteroatoms. The van der Waals surface area contributed by atoms with E-state index in [0.717, 1.165) is 30.4 Å². The van der Waals surface area contributed by atoms with Crippen molar-refractivity contribution in [1.82, 2.24) is 10.00 Å². The van der Waals surface area contributed by atoms with Crippen molar-refractivity contribution in [3.63, 3.8) is 0 Å². The summed E-state index contributed by atoms with van der Waals surface area (Å²) in [4.78, 5) is 2.48. The van der Waals surface area contributed by atoms with Crippen molar-refractivity contribution in [2.75, 3.05) is 27.2 Å². The van der Waals surface area contributed by atoms with Gasteiger partial charge in [-0.15, -0.1) is 0 Å². The van der Waals surface area contributed by atoms with Crippen molar-refractivity contribution in [1.29, 1.82) is 0 Å². The van der Waals surface area contributed by atoms with Gasteiger partial charge in [-0.2, -0.15) is 0 Å². The van der Waals surface area contributed by atoms with Crippen LogP contribution in [-0.4, -0.2) is 43.3 Å². The summed E-state index contributed by atoms with van der Waals surface area (Å²) >= 11 is 0. The van der Waals surface area contributed by atoms with Crippen LogP contribution in [0.25, 0.3) is 11.0 Å². The summed E-state index contributed by atoms with van der Waals surface area (Å²) in [5.41, 5.74) is 9.07. The van der Waals surface area contributed by atoms with Gasteiger partial charge < -0.3 is 25.8 Å². The van der Waals surface area contributed by atoms with Gasteiger partial charge in [0.2, 0.25) is 10.6 Å². The summed E-state index contributed by atoms with van der Waals surface area (Å²) in [5, 5.41) is 29.0. The highest BCUT2D eigenvalue weighted by Crippen LogP contribution is 2.24. The van der Waals surface area contributed by atoms with Gasteiger partial charge in [0.25, 0.3) is 0 Å². The number of benzene rings is 1. The molecule has 0 bridgehead atoms. The second-order valence-electron chi connectivity index (χ2n) is 6.86. The van der Waals surface area contributed by atoms with Crippen LogP contribution in [0.4, 0.5) is 0 Å². The minimum Gasteiger partial charge on any atom is -0.710 e. The van der Waals surface area contributed by atoms with Gasteiger partial charge in [-0.05, 0) is 50.4 Å². The molecular formula is C17H25N5O3. The highest BCUT2D eigenvalue weighted by Gasteiger charge is 2.30. The Bertz CT molecular complexity index is 783. The van der Waals surface area contributed by atoms with Crippen molar-refractivity contribution in [3.8, 4) is 0 Å². The molecule has 0 spiro atoms. The fourth-order valence-corrected chi connectivity index (χ4v) is 3.46. The Labute approximate surface area is 147 Å². The summed E-state index contributed by atoms with van der Waals surface area (Å²) in [7, 11) is 3.54. The lowest BCUT2D eigenvalue weighted by Gasteiger charge is -2.22. The Kier molecular flexibility index (Phi) is 5.03. The monoisotopic (exact) mass is 347 g/mol. The number of aryl methyl sites for hydroxylation is 2. The Morgan fingerprint density at radius 3 is 2.52 bits per heavy atom. The molecule has 0 saturated heterocycles. The number of aromatic nitrogens is 3. The number of rotatable bonds is 6. The van der Waals surface area contributed by atoms with Crippen LogP contribution in [0.15, 0.2) is 12.1 Å². The molecule has 0 amide bonds. The van der Waals surface area contributed by atoms with Crippen LogP contribution in [-0.2, 0) is 17.6 Å². The average molecular weight is 347 g/mol. The largest absolute Gasteiger partial charge is 0.710 e. The first-order valence-electron chi connectivity index (χ1n) is 8.56. The van der Waals surface area contributed by atoms with Gasteiger partial charge in [0.15, 0.2) is 0 Å². The molecule has 136 valence electrons. The molecule has 0 aliphatic heterocycles. The molecule has 2 atom stereocenters. The van der Waals surface area contributed by atoms with Crippen molar-refractivity contribution in [2.45, 2.75) is 38.3 Å². The second-order valence-corrected chi connectivity index (χ2v) is 6.86. The Morgan fingerprint density at radius 2 is 1.88 bits per heavy atom. The first-order valence-corrected chi connectivity index (χ1v) is 8.56. The molecule has 2 N–H and O–H groups in total. The van der Waals surface area contributed by atoms with Crippen molar-refractivity contribution < 1.29 is 14.3 Å². The summed E-state index contributed by atoms with van der Waals surface area (Å²) in [5.74, 6) is 0.0392. The zero-order valence-corrected chi connectivity index (χ0v) is 14.9. The highest BCUT2D eigenvalue weighted by molar-refractivity contribution is 5.70. The zero-order chi connectivity index (χ0) is 18.1. The summed E-state index contributed by atoms with van der Waals surface area (Å²) in [6, 6.07) is 2.94. The minimum atomic E-state index is -0.663. The van der Waals surface area contributed by atoms with Crippen molar-refractivity contribution in [3.05, 3.63) is 39.5 Å². The molecule has 8 nitrogen and oxygen atoms in total. The van der Waals surface area contributed by atoms with Gasteiger partial charge in [-0.25, -0.2) is 4.73 Å². The lowest BCUT2D eigenvalue weighted by Crippen LogP contribution is -2.49.